The van der Waals surface area contributed by atoms with Crippen molar-refractivity contribution in [3.8, 4) is 11.5 Å². The highest BCUT2D eigenvalue weighted by atomic mass is 16.6. The number of nitrogens with one attached hydrogen (secondary N) is 2. The Hall–Kier alpha value is -2.64. The summed E-state index contributed by atoms with van der Waals surface area (Å²) in [4.78, 5) is 16.3. The summed E-state index contributed by atoms with van der Waals surface area (Å²) in [5.41, 5.74) is 6.36. The number of ether oxygens (including phenoxy) is 3. The lowest BCUT2D eigenvalue weighted by Gasteiger charge is -2.26. The first kappa shape index (κ1) is 23.4. The minimum atomic E-state index is -0.543. The van der Waals surface area contributed by atoms with Crippen molar-refractivity contribution in [1.82, 2.24) is 10.6 Å². The zero-order chi connectivity index (χ0) is 21.3. The van der Waals surface area contributed by atoms with Crippen molar-refractivity contribution in [2.45, 2.75) is 52.8 Å². The molecule has 1 rings (SSSR count). The van der Waals surface area contributed by atoms with E-state index in [9.17, 15) is 4.79 Å². The molecule has 1 aromatic rings. The van der Waals surface area contributed by atoms with Crippen molar-refractivity contribution in [2.75, 3.05) is 20.8 Å². The molecule has 0 aromatic heterocycles. The number of aliphatic imine (C=N–C) groups is 1. The Morgan fingerprint density at radius 2 is 1.82 bits per heavy atom. The normalized spacial score (nSPS) is 13.1. The molecule has 0 aliphatic heterocycles. The highest BCUT2D eigenvalue weighted by Gasteiger charge is 2.21. The van der Waals surface area contributed by atoms with Crippen molar-refractivity contribution < 1.29 is 19.0 Å². The van der Waals surface area contributed by atoms with Crippen LogP contribution in [0.2, 0.25) is 0 Å². The van der Waals surface area contributed by atoms with Crippen LogP contribution in [0.4, 0.5) is 4.79 Å². The standard InChI is InChI=1S/C20H34N4O4/c1-13(2)15(24-19(25)28-20(3,4)5)12-23-18(21)22-11-14-8-9-16(26-6)17(10-14)27-7/h8-10,13,15H,11-12H2,1-7H3,(H,24,25)(H3,21,22,23). The SMILES string of the molecule is COc1ccc(CN=C(N)NCC(NC(=O)OC(C)(C)C)C(C)C)cc1OC. The van der Waals surface area contributed by atoms with E-state index in [-0.39, 0.29) is 12.0 Å². The molecule has 28 heavy (non-hydrogen) atoms. The van der Waals surface area contributed by atoms with E-state index in [1.54, 1.807) is 14.2 Å². The van der Waals surface area contributed by atoms with E-state index in [4.69, 9.17) is 19.9 Å². The van der Waals surface area contributed by atoms with Gasteiger partial charge in [0.2, 0.25) is 0 Å². The van der Waals surface area contributed by atoms with Gasteiger partial charge in [0.05, 0.1) is 26.8 Å². The van der Waals surface area contributed by atoms with E-state index in [0.29, 0.717) is 30.5 Å². The molecule has 158 valence electrons. The lowest BCUT2D eigenvalue weighted by atomic mass is 10.0. The maximum Gasteiger partial charge on any atom is 0.407 e. The Labute approximate surface area is 167 Å². The predicted octanol–water partition coefficient (Wildman–Crippen LogP) is 2.66. The summed E-state index contributed by atoms with van der Waals surface area (Å²) >= 11 is 0. The third kappa shape index (κ3) is 8.37. The lowest BCUT2D eigenvalue weighted by Crippen LogP contribution is -2.49. The fourth-order valence-electron chi connectivity index (χ4n) is 2.34. The Kier molecular flexibility index (Phi) is 8.88. The summed E-state index contributed by atoms with van der Waals surface area (Å²) in [5, 5.41) is 5.92. The van der Waals surface area contributed by atoms with Gasteiger partial charge < -0.3 is 30.6 Å². The molecular formula is C20H34N4O4. The summed E-state index contributed by atoms with van der Waals surface area (Å²) in [6.45, 7) is 10.3. The van der Waals surface area contributed by atoms with Crippen molar-refractivity contribution in [1.29, 1.82) is 0 Å². The highest BCUT2D eigenvalue weighted by molar-refractivity contribution is 5.78. The summed E-state index contributed by atoms with van der Waals surface area (Å²) in [7, 11) is 3.18. The summed E-state index contributed by atoms with van der Waals surface area (Å²) < 4.78 is 15.8. The van der Waals surface area contributed by atoms with Crippen LogP contribution in [0.25, 0.3) is 0 Å². The smallest absolute Gasteiger partial charge is 0.407 e. The largest absolute Gasteiger partial charge is 0.493 e. The molecule has 0 heterocycles. The van der Waals surface area contributed by atoms with E-state index in [0.717, 1.165) is 5.56 Å². The monoisotopic (exact) mass is 394 g/mol. The lowest BCUT2D eigenvalue weighted by molar-refractivity contribution is 0.0491. The minimum absolute atomic E-state index is 0.148. The van der Waals surface area contributed by atoms with E-state index in [1.165, 1.54) is 0 Å². The molecular weight excluding hydrogens is 360 g/mol. The van der Waals surface area contributed by atoms with Crippen LogP contribution >= 0.6 is 0 Å². The van der Waals surface area contributed by atoms with Gasteiger partial charge in [0.1, 0.15) is 5.60 Å². The number of carbonyl (C=O) groups is 1. The van der Waals surface area contributed by atoms with Crippen LogP contribution in [0, 0.1) is 5.92 Å². The Bertz CT molecular complexity index is 669. The van der Waals surface area contributed by atoms with Crippen LogP contribution in [0.3, 0.4) is 0 Å². The summed E-state index contributed by atoms with van der Waals surface area (Å²) in [6.07, 6.45) is -0.450. The maximum absolute atomic E-state index is 12.0. The van der Waals surface area contributed by atoms with E-state index in [1.807, 2.05) is 52.8 Å². The van der Waals surface area contributed by atoms with Crippen molar-refractivity contribution >= 4 is 12.1 Å². The van der Waals surface area contributed by atoms with Gasteiger partial charge in [-0.2, -0.15) is 0 Å². The topological polar surface area (TPSA) is 107 Å². The first-order chi connectivity index (χ1) is 13.1. The van der Waals surface area contributed by atoms with Gasteiger partial charge in [0.25, 0.3) is 0 Å². The van der Waals surface area contributed by atoms with Gasteiger partial charge >= 0.3 is 6.09 Å². The molecule has 0 saturated heterocycles. The molecule has 0 saturated carbocycles. The molecule has 0 bridgehead atoms. The van der Waals surface area contributed by atoms with Gasteiger partial charge in [-0.05, 0) is 44.4 Å². The van der Waals surface area contributed by atoms with Crippen molar-refractivity contribution in [2.24, 2.45) is 16.6 Å². The van der Waals surface area contributed by atoms with Crippen LogP contribution < -0.4 is 25.8 Å². The van der Waals surface area contributed by atoms with E-state index >= 15 is 0 Å². The second-order valence-electron chi connectivity index (χ2n) is 7.77. The summed E-state index contributed by atoms with van der Waals surface area (Å²) in [6, 6.07) is 5.44. The fourth-order valence-corrected chi connectivity index (χ4v) is 2.34. The molecule has 0 radical (unpaired) electrons. The average molecular weight is 395 g/mol. The van der Waals surface area contributed by atoms with Crippen LogP contribution in [0.5, 0.6) is 11.5 Å². The van der Waals surface area contributed by atoms with Gasteiger partial charge in [-0.1, -0.05) is 19.9 Å². The van der Waals surface area contributed by atoms with Gasteiger partial charge in [-0.25, -0.2) is 9.79 Å². The number of amides is 1. The Morgan fingerprint density at radius 3 is 2.36 bits per heavy atom. The molecule has 8 heteroatoms. The second kappa shape index (κ2) is 10.6. The Morgan fingerprint density at radius 1 is 1.18 bits per heavy atom. The number of hydrogen-bond acceptors (Lipinski definition) is 5. The molecule has 1 unspecified atom stereocenters. The number of guanidine groups is 1. The minimum Gasteiger partial charge on any atom is -0.493 e. The average Bonchev–Trinajstić information content (AvgIpc) is 2.61. The van der Waals surface area contributed by atoms with Crippen LogP contribution in [-0.2, 0) is 11.3 Å². The molecule has 0 fully saturated rings. The third-order valence-electron chi connectivity index (χ3n) is 3.89. The summed E-state index contributed by atoms with van der Waals surface area (Å²) in [5.74, 6) is 1.79. The maximum atomic E-state index is 12.0. The molecule has 8 nitrogen and oxygen atoms in total. The number of alkyl carbamates (subject to hydrolysis) is 1. The molecule has 1 amide bonds. The number of benzene rings is 1. The number of methoxy groups -OCH3 is 2. The van der Waals surface area contributed by atoms with Crippen LogP contribution in [0.15, 0.2) is 23.2 Å². The molecule has 4 N–H and O–H groups in total. The highest BCUT2D eigenvalue weighted by Crippen LogP contribution is 2.27. The molecule has 0 aliphatic carbocycles. The van der Waals surface area contributed by atoms with Crippen LogP contribution in [0.1, 0.15) is 40.2 Å². The Balaban J connectivity index is 2.62. The number of nitrogens with zero attached hydrogens (tertiary/aromatic N) is 1. The van der Waals surface area contributed by atoms with Gasteiger partial charge in [-0.3, -0.25) is 0 Å². The number of carbonyl (C=O) groups excluding carboxylic acids is 1. The zero-order valence-electron chi connectivity index (χ0n) is 18.0. The second-order valence-corrected chi connectivity index (χ2v) is 7.77. The molecule has 0 spiro atoms. The van der Waals surface area contributed by atoms with Crippen LogP contribution in [-0.4, -0.2) is 44.5 Å². The van der Waals surface area contributed by atoms with Gasteiger partial charge in [0.15, 0.2) is 17.5 Å². The third-order valence-corrected chi connectivity index (χ3v) is 3.89. The molecule has 1 atom stereocenters. The molecule has 1 aromatic carbocycles. The fraction of sp³-hybridized carbons (Fsp3) is 0.600. The van der Waals surface area contributed by atoms with Crippen molar-refractivity contribution in [3.63, 3.8) is 0 Å². The zero-order valence-corrected chi connectivity index (χ0v) is 18.0. The first-order valence-corrected chi connectivity index (χ1v) is 9.30. The van der Waals surface area contributed by atoms with Gasteiger partial charge in [0, 0.05) is 6.54 Å². The molecule has 0 aliphatic rings. The van der Waals surface area contributed by atoms with E-state index in [2.05, 4.69) is 15.6 Å². The number of rotatable bonds is 8. The van der Waals surface area contributed by atoms with E-state index < -0.39 is 11.7 Å². The first-order valence-electron chi connectivity index (χ1n) is 9.30. The number of hydrogen-bond donors (Lipinski definition) is 3. The predicted molar refractivity (Wildman–Crippen MR) is 111 cm³/mol. The quantitative estimate of drug-likeness (QED) is 0.462. The number of nitrogens with two attached hydrogens (primary N) is 1. The van der Waals surface area contributed by atoms with Gasteiger partial charge in [-0.15, -0.1) is 0 Å². The van der Waals surface area contributed by atoms with Crippen molar-refractivity contribution in [3.05, 3.63) is 23.8 Å².